The largest absolute Gasteiger partial charge is 0.411 e. The molecule has 4 nitrogen and oxygen atoms in total. The van der Waals surface area contributed by atoms with Gasteiger partial charge in [0.1, 0.15) is 5.82 Å². The Morgan fingerprint density at radius 1 is 1.53 bits per heavy atom. The summed E-state index contributed by atoms with van der Waals surface area (Å²) in [5.41, 5.74) is 1.87. The summed E-state index contributed by atoms with van der Waals surface area (Å²) in [5.74, 6) is -0.547. The Balaban J connectivity index is 2.19. The highest BCUT2D eigenvalue weighted by Gasteiger charge is 2.27. The molecule has 1 aliphatic rings. The third-order valence-electron chi connectivity index (χ3n) is 3.55. The molecule has 1 saturated heterocycles. The van der Waals surface area contributed by atoms with Gasteiger partial charge in [-0.25, -0.2) is 4.39 Å². The summed E-state index contributed by atoms with van der Waals surface area (Å²) in [4.78, 5) is 14.1. The lowest BCUT2D eigenvalue weighted by Crippen LogP contribution is -2.43. The first-order chi connectivity index (χ1) is 9.02. The van der Waals surface area contributed by atoms with E-state index in [9.17, 15) is 9.18 Å². The number of benzene rings is 1. The number of hydrogen-bond acceptors (Lipinski definition) is 3. The Kier molecular flexibility index (Phi) is 3.83. The molecule has 1 heterocycles. The van der Waals surface area contributed by atoms with Crippen molar-refractivity contribution in [1.82, 2.24) is 4.90 Å². The second-order valence-electron chi connectivity index (χ2n) is 4.95. The fourth-order valence-corrected chi connectivity index (χ4v) is 2.35. The molecule has 1 unspecified atom stereocenters. The average molecular weight is 264 g/mol. The number of amides is 1. The average Bonchev–Trinajstić information content (AvgIpc) is 2.40. The zero-order chi connectivity index (χ0) is 14.0. The molecule has 1 N–H and O–H groups in total. The van der Waals surface area contributed by atoms with Crippen LogP contribution < -0.4 is 0 Å². The Morgan fingerprint density at radius 3 is 2.89 bits per heavy atom. The maximum absolute atomic E-state index is 13.2. The maximum Gasteiger partial charge on any atom is 0.254 e. The highest BCUT2D eigenvalue weighted by atomic mass is 19.1. The Labute approximate surface area is 111 Å². The maximum atomic E-state index is 13.2. The van der Waals surface area contributed by atoms with Crippen molar-refractivity contribution < 1.29 is 14.4 Å². The van der Waals surface area contributed by atoms with Gasteiger partial charge in [0.05, 0.1) is 5.71 Å². The van der Waals surface area contributed by atoms with E-state index in [1.54, 1.807) is 17.9 Å². The number of hydrogen-bond donors (Lipinski definition) is 1. The molecule has 2 rings (SSSR count). The summed E-state index contributed by atoms with van der Waals surface area (Å²) < 4.78 is 13.2. The van der Waals surface area contributed by atoms with Crippen molar-refractivity contribution in [2.45, 2.75) is 20.3 Å². The first kappa shape index (κ1) is 13.5. The van der Waals surface area contributed by atoms with Gasteiger partial charge in [-0.15, -0.1) is 0 Å². The van der Waals surface area contributed by atoms with Crippen molar-refractivity contribution in [3.05, 3.63) is 35.1 Å². The molecule has 1 aromatic carbocycles. The van der Waals surface area contributed by atoms with Crippen LogP contribution in [0.4, 0.5) is 4.39 Å². The Bertz CT molecular complexity index is 528. The van der Waals surface area contributed by atoms with Crippen LogP contribution in [-0.2, 0) is 0 Å². The molecule has 1 aliphatic heterocycles. The monoisotopic (exact) mass is 264 g/mol. The predicted molar refractivity (Wildman–Crippen MR) is 70.0 cm³/mol. The lowest BCUT2D eigenvalue weighted by molar-refractivity contribution is 0.0732. The molecule has 0 saturated carbocycles. The molecule has 1 fully saturated rings. The molecule has 0 radical (unpaired) electrons. The van der Waals surface area contributed by atoms with Gasteiger partial charge in [0.25, 0.3) is 5.91 Å². The predicted octanol–water partition coefficient (Wildman–Crippen LogP) is 2.45. The molecule has 1 atom stereocenters. The lowest BCUT2D eigenvalue weighted by Gasteiger charge is -2.31. The van der Waals surface area contributed by atoms with E-state index in [0.29, 0.717) is 30.8 Å². The van der Waals surface area contributed by atoms with E-state index in [-0.39, 0.29) is 11.8 Å². The summed E-state index contributed by atoms with van der Waals surface area (Å²) in [7, 11) is 0. The first-order valence-electron chi connectivity index (χ1n) is 6.29. The minimum absolute atomic E-state index is 0.0246. The van der Waals surface area contributed by atoms with Crippen molar-refractivity contribution >= 4 is 11.6 Å². The number of likely N-dealkylation sites (tertiary alicyclic amines) is 1. The molecule has 0 spiro atoms. The minimum atomic E-state index is -0.406. The van der Waals surface area contributed by atoms with Crippen LogP contribution >= 0.6 is 0 Å². The number of carbonyl (C=O) groups excluding carboxylic acids is 1. The molecule has 1 aromatic rings. The third-order valence-corrected chi connectivity index (χ3v) is 3.55. The minimum Gasteiger partial charge on any atom is -0.411 e. The van der Waals surface area contributed by atoms with Crippen LogP contribution in [0.3, 0.4) is 0 Å². The molecule has 102 valence electrons. The van der Waals surface area contributed by atoms with Gasteiger partial charge in [0.15, 0.2) is 0 Å². The van der Waals surface area contributed by atoms with Crippen molar-refractivity contribution in [1.29, 1.82) is 0 Å². The zero-order valence-corrected chi connectivity index (χ0v) is 11.1. The van der Waals surface area contributed by atoms with Gasteiger partial charge < -0.3 is 10.1 Å². The van der Waals surface area contributed by atoms with Gasteiger partial charge in [0.2, 0.25) is 0 Å². The molecule has 0 bridgehead atoms. The summed E-state index contributed by atoms with van der Waals surface area (Å²) in [6.07, 6.45) is 0.553. The highest BCUT2D eigenvalue weighted by molar-refractivity contribution is 5.97. The van der Waals surface area contributed by atoms with Gasteiger partial charge in [-0.05, 0) is 24.6 Å². The Hall–Kier alpha value is -1.91. The van der Waals surface area contributed by atoms with E-state index in [2.05, 4.69) is 5.16 Å². The third kappa shape index (κ3) is 2.75. The molecule has 0 aromatic heterocycles. The molecular formula is C14H17FN2O2. The van der Waals surface area contributed by atoms with Gasteiger partial charge in [-0.1, -0.05) is 18.1 Å². The number of halogens is 1. The van der Waals surface area contributed by atoms with E-state index in [1.165, 1.54) is 12.1 Å². The van der Waals surface area contributed by atoms with E-state index >= 15 is 0 Å². The van der Waals surface area contributed by atoms with E-state index in [1.807, 2.05) is 6.92 Å². The van der Waals surface area contributed by atoms with Crippen LogP contribution in [0.1, 0.15) is 29.3 Å². The number of carbonyl (C=O) groups is 1. The fraction of sp³-hybridized carbons (Fsp3) is 0.429. The molecule has 0 aliphatic carbocycles. The highest BCUT2D eigenvalue weighted by Crippen LogP contribution is 2.19. The summed E-state index contributed by atoms with van der Waals surface area (Å²) in [6, 6.07) is 4.23. The number of oxime groups is 1. The second-order valence-corrected chi connectivity index (χ2v) is 4.95. The fourth-order valence-electron chi connectivity index (χ4n) is 2.35. The van der Waals surface area contributed by atoms with Crippen molar-refractivity contribution in [2.24, 2.45) is 11.1 Å². The zero-order valence-electron chi connectivity index (χ0n) is 11.1. The number of rotatable bonds is 1. The van der Waals surface area contributed by atoms with E-state index < -0.39 is 5.82 Å². The molecule has 1 amide bonds. The summed E-state index contributed by atoms with van der Waals surface area (Å²) in [5, 5.41) is 12.1. The molecular weight excluding hydrogens is 247 g/mol. The molecule has 5 heteroatoms. The van der Waals surface area contributed by atoms with Gasteiger partial charge in [0, 0.05) is 31.0 Å². The standard InChI is InChI=1S/C14H17FN2O2/c1-9-3-4-11(15)7-12(9)14(18)17-6-5-13(16-19)10(2)8-17/h3-4,7,10,19H,5-6,8H2,1-2H3/b16-13+. The first-order valence-corrected chi connectivity index (χ1v) is 6.29. The number of piperidine rings is 1. The van der Waals surface area contributed by atoms with Crippen molar-refractivity contribution in [2.75, 3.05) is 13.1 Å². The smallest absolute Gasteiger partial charge is 0.254 e. The van der Waals surface area contributed by atoms with Gasteiger partial charge >= 0.3 is 0 Å². The van der Waals surface area contributed by atoms with Crippen LogP contribution in [0, 0.1) is 18.7 Å². The second kappa shape index (κ2) is 5.38. The van der Waals surface area contributed by atoms with Crippen molar-refractivity contribution in [3.63, 3.8) is 0 Å². The van der Waals surface area contributed by atoms with Crippen molar-refractivity contribution in [3.8, 4) is 0 Å². The summed E-state index contributed by atoms with van der Waals surface area (Å²) >= 11 is 0. The van der Waals surface area contributed by atoms with Gasteiger partial charge in [-0.3, -0.25) is 4.79 Å². The quantitative estimate of drug-likeness (QED) is 0.625. The lowest BCUT2D eigenvalue weighted by atomic mass is 9.96. The van der Waals surface area contributed by atoms with Crippen LogP contribution in [0.25, 0.3) is 0 Å². The van der Waals surface area contributed by atoms with Crippen LogP contribution in [0.2, 0.25) is 0 Å². The topological polar surface area (TPSA) is 52.9 Å². The SMILES string of the molecule is Cc1ccc(F)cc1C(=O)N1CC/C(=N\O)C(C)C1. The van der Waals surface area contributed by atoms with Crippen LogP contribution in [0.5, 0.6) is 0 Å². The summed E-state index contributed by atoms with van der Waals surface area (Å²) in [6.45, 7) is 4.69. The van der Waals surface area contributed by atoms with Crippen LogP contribution in [0.15, 0.2) is 23.4 Å². The Morgan fingerprint density at radius 2 is 2.26 bits per heavy atom. The van der Waals surface area contributed by atoms with E-state index in [4.69, 9.17) is 5.21 Å². The normalized spacial score (nSPS) is 21.7. The molecule has 19 heavy (non-hydrogen) atoms. The number of aryl methyl sites for hydroxylation is 1. The van der Waals surface area contributed by atoms with Gasteiger partial charge in [-0.2, -0.15) is 0 Å². The van der Waals surface area contributed by atoms with E-state index in [0.717, 1.165) is 5.56 Å². The van der Waals surface area contributed by atoms with Crippen LogP contribution in [-0.4, -0.2) is 34.8 Å². The number of nitrogens with zero attached hydrogens (tertiary/aromatic N) is 2.